The predicted molar refractivity (Wildman–Crippen MR) is 58.8 cm³/mol. The highest BCUT2D eigenvalue weighted by Crippen LogP contribution is 2.25. The van der Waals surface area contributed by atoms with Crippen molar-refractivity contribution in [1.82, 2.24) is 0 Å². The van der Waals surface area contributed by atoms with Gasteiger partial charge in [-0.05, 0) is 12.1 Å². The number of rotatable bonds is 4. The maximum absolute atomic E-state index is 12.4. The van der Waals surface area contributed by atoms with Crippen molar-refractivity contribution in [3.63, 3.8) is 0 Å². The van der Waals surface area contributed by atoms with Crippen LogP contribution < -0.4 is 0 Å². The molecule has 0 aliphatic rings. The molecule has 0 fully saturated rings. The highest BCUT2D eigenvalue weighted by molar-refractivity contribution is 5.76. The first-order valence-corrected chi connectivity index (χ1v) is 5.14. The molecule has 0 heterocycles. The fourth-order valence-electron chi connectivity index (χ4n) is 1.16. The topological polar surface area (TPSA) is 71.2 Å². The van der Waals surface area contributed by atoms with Gasteiger partial charge in [0.05, 0.1) is 12.8 Å². The van der Waals surface area contributed by atoms with Gasteiger partial charge in [-0.1, -0.05) is 18.2 Å². The van der Waals surface area contributed by atoms with Crippen LogP contribution in [0.2, 0.25) is 0 Å². The summed E-state index contributed by atoms with van der Waals surface area (Å²) in [7, 11) is 0.899. The minimum Gasteiger partial charge on any atom is -0.467 e. The molecule has 0 spiro atoms. The van der Waals surface area contributed by atoms with E-state index in [1.807, 2.05) is 0 Å². The maximum Gasteiger partial charge on any atom is 0.417 e. The van der Waals surface area contributed by atoms with Crippen LogP contribution in [0.15, 0.2) is 40.6 Å². The Hall–Kier alpha value is -1.96. The van der Waals surface area contributed by atoms with Crippen LogP contribution in [0.25, 0.3) is 0 Å². The maximum atomic E-state index is 12.4. The number of ether oxygens (including phenoxy) is 1. The van der Waals surface area contributed by atoms with E-state index in [2.05, 4.69) is 15.0 Å². The van der Waals surface area contributed by atoms with E-state index >= 15 is 0 Å². The van der Waals surface area contributed by atoms with Crippen molar-refractivity contribution in [2.24, 2.45) is 10.2 Å². The van der Waals surface area contributed by atoms with Gasteiger partial charge in [0.25, 0.3) is 0 Å². The van der Waals surface area contributed by atoms with Crippen LogP contribution in [-0.2, 0) is 9.53 Å². The van der Waals surface area contributed by atoms with Gasteiger partial charge >= 0.3 is 12.1 Å². The van der Waals surface area contributed by atoms with E-state index < -0.39 is 24.3 Å². The molecule has 8 heteroatoms. The van der Waals surface area contributed by atoms with Crippen LogP contribution in [0.4, 0.5) is 18.9 Å². The number of aliphatic hydroxyl groups excluding tert-OH is 1. The van der Waals surface area contributed by atoms with E-state index in [4.69, 9.17) is 5.11 Å². The molecule has 19 heavy (non-hydrogen) atoms. The van der Waals surface area contributed by atoms with E-state index in [0.717, 1.165) is 7.11 Å². The van der Waals surface area contributed by atoms with Crippen molar-refractivity contribution in [1.29, 1.82) is 0 Å². The van der Waals surface area contributed by atoms with Gasteiger partial charge in [0.1, 0.15) is 0 Å². The second-order valence-electron chi connectivity index (χ2n) is 3.51. The molecule has 0 aromatic heterocycles. The fourth-order valence-corrected chi connectivity index (χ4v) is 1.16. The van der Waals surface area contributed by atoms with Crippen LogP contribution in [0.5, 0.6) is 0 Å². The summed E-state index contributed by atoms with van der Waals surface area (Å²) < 4.78 is 41.3. The first-order valence-electron chi connectivity index (χ1n) is 5.14. The molecule has 0 amide bonds. The van der Waals surface area contributed by atoms with Gasteiger partial charge < -0.3 is 9.84 Å². The van der Waals surface area contributed by atoms with Crippen molar-refractivity contribution in [2.45, 2.75) is 18.3 Å². The summed E-state index contributed by atoms with van der Waals surface area (Å²) in [6.07, 6.45) is -7.96. The molecule has 0 bridgehead atoms. The first-order chi connectivity index (χ1) is 8.86. The molecular formula is C11H11F3N2O3. The third-order valence-corrected chi connectivity index (χ3v) is 2.13. The number of azo groups is 1. The summed E-state index contributed by atoms with van der Waals surface area (Å²) in [5.74, 6) is -1.32. The van der Waals surface area contributed by atoms with Gasteiger partial charge in [-0.3, -0.25) is 0 Å². The number of hydrogen-bond acceptors (Lipinski definition) is 5. The Balaban J connectivity index is 2.93. The Morgan fingerprint density at radius 1 is 1.32 bits per heavy atom. The number of hydrogen-bond donors (Lipinski definition) is 1. The standard InChI is InChI=1S/C11H11F3N2O3/c1-19-10(18)8(9(17)11(12,13)14)16-15-7-5-3-2-4-6-7/h2-6,8-9,17H,1H3. The van der Waals surface area contributed by atoms with E-state index in [1.165, 1.54) is 12.1 Å². The van der Waals surface area contributed by atoms with Crippen molar-refractivity contribution >= 4 is 11.7 Å². The van der Waals surface area contributed by atoms with E-state index in [0.29, 0.717) is 0 Å². The minimum absolute atomic E-state index is 0.255. The smallest absolute Gasteiger partial charge is 0.417 e. The van der Waals surface area contributed by atoms with Gasteiger partial charge in [0, 0.05) is 0 Å². The number of benzene rings is 1. The Morgan fingerprint density at radius 2 is 1.89 bits per heavy atom. The molecule has 0 radical (unpaired) electrons. The van der Waals surface area contributed by atoms with Crippen molar-refractivity contribution in [3.05, 3.63) is 30.3 Å². The van der Waals surface area contributed by atoms with Gasteiger partial charge in [-0.15, -0.1) is 0 Å². The van der Waals surface area contributed by atoms with Gasteiger partial charge in [0.2, 0.25) is 6.04 Å². The molecule has 1 aromatic rings. The number of carbonyl (C=O) groups is 1. The number of esters is 1. The Labute approximate surface area is 106 Å². The summed E-state index contributed by atoms with van der Waals surface area (Å²) in [6, 6.07) is 5.70. The van der Waals surface area contributed by atoms with Crippen molar-refractivity contribution in [3.8, 4) is 0 Å². The van der Waals surface area contributed by atoms with Gasteiger partial charge in [-0.2, -0.15) is 23.4 Å². The monoisotopic (exact) mass is 276 g/mol. The lowest BCUT2D eigenvalue weighted by molar-refractivity contribution is -0.213. The normalized spacial score (nSPS) is 15.2. The number of methoxy groups -OCH3 is 1. The Kier molecular flexibility index (Phi) is 4.99. The molecule has 0 aliphatic carbocycles. The summed E-state index contributed by atoms with van der Waals surface area (Å²) in [6.45, 7) is 0. The molecule has 104 valence electrons. The Morgan fingerprint density at radius 3 is 2.37 bits per heavy atom. The van der Waals surface area contributed by atoms with E-state index in [-0.39, 0.29) is 5.69 Å². The molecule has 0 saturated heterocycles. The molecule has 1 N–H and O–H groups in total. The summed E-state index contributed by atoms with van der Waals surface area (Å²) >= 11 is 0. The summed E-state index contributed by atoms with van der Waals surface area (Å²) in [5.41, 5.74) is 0.255. The zero-order valence-electron chi connectivity index (χ0n) is 9.83. The molecule has 1 aromatic carbocycles. The molecule has 0 aliphatic heterocycles. The third kappa shape index (κ3) is 4.32. The molecule has 5 nitrogen and oxygen atoms in total. The number of nitrogens with zero attached hydrogens (tertiary/aromatic N) is 2. The SMILES string of the molecule is COC(=O)C(N=Nc1ccccc1)C(O)C(F)(F)F. The zero-order chi connectivity index (χ0) is 14.5. The number of alkyl halides is 3. The lowest BCUT2D eigenvalue weighted by Crippen LogP contribution is -2.43. The van der Waals surface area contributed by atoms with Crippen LogP contribution >= 0.6 is 0 Å². The molecule has 2 unspecified atom stereocenters. The highest BCUT2D eigenvalue weighted by atomic mass is 19.4. The van der Waals surface area contributed by atoms with Gasteiger partial charge in [0.15, 0.2) is 6.10 Å². The zero-order valence-corrected chi connectivity index (χ0v) is 9.83. The van der Waals surface area contributed by atoms with Gasteiger partial charge in [-0.25, -0.2) is 4.79 Å². The second kappa shape index (κ2) is 6.28. The lowest BCUT2D eigenvalue weighted by Gasteiger charge is -2.18. The molecule has 0 saturated carbocycles. The lowest BCUT2D eigenvalue weighted by atomic mass is 10.1. The van der Waals surface area contributed by atoms with Crippen LogP contribution in [0, 0.1) is 0 Å². The van der Waals surface area contributed by atoms with Crippen LogP contribution in [0.1, 0.15) is 0 Å². The van der Waals surface area contributed by atoms with E-state index in [9.17, 15) is 18.0 Å². The Bertz CT molecular complexity index is 448. The van der Waals surface area contributed by atoms with Crippen molar-refractivity contribution in [2.75, 3.05) is 7.11 Å². The van der Waals surface area contributed by atoms with Crippen molar-refractivity contribution < 1.29 is 27.8 Å². The number of halogens is 3. The average molecular weight is 276 g/mol. The quantitative estimate of drug-likeness (QED) is 0.677. The van der Waals surface area contributed by atoms with Crippen LogP contribution in [0.3, 0.4) is 0 Å². The third-order valence-electron chi connectivity index (χ3n) is 2.13. The summed E-state index contributed by atoms with van der Waals surface area (Å²) in [5, 5.41) is 15.7. The molecular weight excluding hydrogens is 265 g/mol. The van der Waals surface area contributed by atoms with E-state index in [1.54, 1.807) is 18.2 Å². The van der Waals surface area contributed by atoms with Crippen LogP contribution in [-0.4, -0.2) is 36.5 Å². The average Bonchev–Trinajstić information content (AvgIpc) is 2.38. The minimum atomic E-state index is -4.99. The summed E-state index contributed by atoms with van der Waals surface area (Å²) in [4.78, 5) is 11.2. The number of aliphatic hydroxyl groups is 1. The molecule has 2 atom stereocenters. The first kappa shape index (κ1) is 15.1. The number of carbonyl (C=O) groups excluding carboxylic acids is 1. The highest BCUT2D eigenvalue weighted by Gasteiger charge is 2.47. The second-order valence-corrected chi connectivity index (χ2v) is 3.51. The molecule has 1 rings (SSSR count). The fraction of sp³-hybridized carbons (Fsp3) is 0.364. The predicted octanol–water partition coefficient (Wildman–Crippen LogP) is 2.24. The largest absolute Gasteiger partial charge is 0.467 e.